The van der Waals surface area contributed by atoms with Gasteiger partial charge in [0.05, 0.1) is 19.1 Å². The number of aromatic hydroxyl groups is 1. The van der Waals surface area contributed by atoms with Crippen LogP contribution in [0.2, 0.25) is 0 Å². The van der Waals surface area contributed by atoms with Crippen LogP contribution in [0.4, 0.5) is 0 Å². The zero-order valence-electron chi connectivity index (χ0n) is 33.2. The number of aliphatic carboxylic acids is 1. The number of benzene rings is 3. The molecule has 10 atom stereocenters. The molecule has 0 amide bonds. The minimum atomic E-state index is -1.80. The van der Waals surface area contributed by atoms with Gasteiger partial charge in [0.25, 0.3) is 0 Å². The van der Waals surface area contributed by atoms with E-state index >= 15 is 0 Å². The van der Waals surface area contributed by atoms with Gasteiger partial charge in [-0.1, -0.05) is 31.9 Å². The van der Waals surface area contributed by atoms with Gasteiger partial charge in [-0.15, -0.1) is 5.92 Å². The second kappa shape index (κ2) is 17.3. The number of ether oxygens (including phenoxy) is 7. The van der Waals surface area contributed by atoms with Crippen molar-refractivity contribution < 1.29 is 72.9 Å². The SMILES string of the molecule is CNC1CC#CC(C(=O)O)C(=O)OCC2OC(OCC1N)C(OOc1cc3c(cc1Cc1cccc(O)c1)OCC1c4cc5c(c(CC(C)C)c4OC31)OCO5)C(O)C2O. The molecule has 17 nitrogen and oxygen atoms in total. The van der Waals surface area contributed by atoms with Crippen molar-refractivity contribution in [3.63, 3.8) is 0 Å². The van der Waals surface area contributed by atoms with Crippen molar-refractivity contribution in [3.05, 3.63) is 70.3 Å². The topological polar surface area (TPSA) is 236 Å². The Morgan fingerprint density at radius 2 is 1.83 bits per heavy atom. The highest BCUT2D eigenvalue weighted by molar-refractivity contribution is 5.97. The van der Waals surface area contributed by atoms with Gasteiger partial charge in [-0.05, 0) is 55.3 Å². The molecule has 5 aliphatic heterocycles. The number of phenolic OH excluding ortho intramolecular Hbond substituents is 1. The maximum Gasteiger partial charge on any atom is 0.332 e. The van der Waals surface area contributed by atoms with Crippen molar-refractivity contribution in [2.45, 2.75) is 87.9 Å². The highest BCUT2D eigenvalue weighted by atomic mass is 17.2. The number of carbonyl (C=O) groups excluding carboxylic acids is 1. The summed E-state index contributed by atoms with van der Waals surface area (Å²) in [7, 11) is 1.64. The highest BCUT2D eigenvalue weighted by Crippen LogP contribution is 2.57. The number of aliphatic hydroxyl groups is 2. The van der Waals surface area contributed by atoms with E-state index in [1.807, 2.05) is 18.2 Å². The molecule has 3 aromatic rings. The van der Waals surface area contributed by atoms with E-state index in [1.165, 1.54) is 0 Å². The van der Waals surface area contributed by atoms with Crippen molar-refractivity contribution in [3.8, 4) is 46.3 Å². The van der Waals surface area contributed by atoms with Gasteiger partial charge in [-0.2, -0.15) is 4.89 Å². The zero-order chi connectivity index (χ0) is 42.2. The van der Waals surface area contributed by atoms with Crippen LogP contribution >= 0.6 is 0 Å². The number of esters is 1. The number of phenols is 1. The molecule has 5 aliphatic rings. The summed E-state index contributed by atoms with van der Waals surface area (Å²) in [4.78, 5) is 36.7. The quantitative estimate of drug-likeness (QED) is 0.0596. The third-order valence-electron chi connectivity index (χ3n) is 11.3. The Bertz CT molecular complexity index is 2170. The fourth-order valence-electron chi connectivity index (χ4n) is 8.12. The van der Waals surface area contributed by atoms with Gasteiger partial charge >= 0.3 is 11.9 Å². The summed E-state index contributed by atoms with van der Waals surface area (Å²) >= 11 is 0. The van der Waals surface area contributed by atoms with Crippen molar-refractivity contribution in [2.24, 2.45) is 17.6 Å². The average molecular weight is 833 g/mol. The lowest BCUT2D eigenvalue weighted by Gasteiger charge is -2.41. The standard InChI is InChI=1S/C43H48N2O15/c1-20(2)10-27-37-25(14-33-39(27)56-19-55-33)28-16-52-32-13-22(11-21-6-4-7-23(46)12-21)31(15-26(32)38(28)58-37)59-60-40-36(48)35(47)34-18-53-42(51)24(41(49)50)8-5-9-30(45-3)29(44)17-54-43(40)57-34/h4,6-7,12-15,20,24,28-30,34-36,38,40,43,45-48H,9-11,16-19,44H2,1-3H3,(H,49,50). The molecule has 60 heavy (non-hydrogen) atoms. The molecule has 17 heteroatoms. The molecule has 5 heterocycles. The minimum Gasteiger partial charge on any atom is -0.508 e. The fraction of sp³-hybridized carbons (Fsp3) is 0.488. The molecule has 0 radical (unpaired) electrons. The number of nitrogens with two attached hydrogens (primary N) is 1. The lowest BCUT2D eigenvalue weighted by Crippen LogP contribution is -2.61. The summed E-state index contributed by atoms with van der Waals surface area (Å²) in [5, 5.41) is 45.6. The lowest BCUT2D eigenvalue weighted by atomic mass is 9.86. The number of hydrogen-bond acceptors (Lipinski definition) is 16. The number of nitrogens with one attached hydrogen (secondary N) is 1. The molecule has 0 spiro atoms. The molecule has 0 aliphatic carbocycles. The molecule has 2 bridgehead atoms. The van der Waals surface area contributed by atoms with Crippen molar-refractivity contribution in [1.29, 1.82) is 0 Å². The molecular weight excluding hydrogens is 784 g/mol. The zero-order valence-corrected chi connectivity index (χ0v) is 33.2. The Labute approximate surface area is 345 Å². The van der Waals surface area contributed by atoms with Crippen LogP contribution in [0.3, 0.4) is 0 Å². The van der Waals surface area contributed by atoms with Crippen LogP contribution in [0.5, 0.6) is 34.5 Å². The number of hydrogen-bond donors (Lipinski definition) is 6. The monoisotopic (exact) mass is 832 g/mol. The summed E-state index contributed by atoms with van der Waals surface area (Å²) in [6.45, 7) is 3.90. The first-order valence-electron chi connectivity index (χ1n) is 19.9. The van der Waals surface area contributed by atoms with Gasteiger partial charge in [0.2, 0.25) is 12.7 Å². The third-order valence-corrected chi connectivity index (χ3v) is 11.3. The Morgan fingerprint density at radius 3 is 2.60 bits per heavy atom. The van der Waals surface area contributed by atoms with Crippen LogP contribution in [-0.2, 0) is 41.5 Å². The lowest BCUT2D eigenvalue weighted by molar-refractivity contribution is -0.373. The number of carboxylic acid groups (broad SMARTS) is 1. The first kappa shape index (κ1) is 41.4. The van der Waals surface area contributed by atoms with Crippen LogP contribution in [0.1, 0.15) is 60.1 Å². The van der Waals surface area contributed by atoms with E-state index in [-0.39, 0.29) is 43.7 Å². The van der Waals surface area contributed by atoms with E-state index in [1.54, 1.807) is 31.3 Å². The van der Waals surface area contributed by atoms with E-state index in [0.29, 0.717) is 47.3 Å². The average Bonchev–Trinajstić information content (AvgIpc) is 3.85. The third kappa shape index (κ3) is 8.24. The highest BCUT2D eigenvalue weighted by Gasteiger charge is 2.49. The van der Waals surface area contributed by atoms with E-state index in [0.717, 1.165) is 22.4 Å². The Hall–Kier alpha value is -5.32. The smallest absolute Gasteiger partial charge is 0.332 e. The Balaban J connectivity index is 1.10. The number of cyclic esters (lactones) is 1. The first-order valence-corrected chi connectivity index (χ1v) is 19.9. The molecule has 1 fully saturated rings. The van der Waals surface area contributed by atoms with E-state index in [2.05, 4.69) is 31.0 Å². The molecular formula is C43H48N2O15. The van der Waals surface area contributed by atoms with Crippen LogP contribution in [-0.4, -0.2) is 109 Å². The Kier molecular flexibility index (Phi) is 12.0. The van der Waals surface area contributed by atoms with Crippen molar-refractivity contribution in [1.82, 2.24) is 5.32 Å². The maximum absolute atomic E-state index is 12.8. The van der Waals surface area contributed by atoms with Gasteiger partial charge in [0, 0.05) is 47.2 Å². The number of rotatable bonds is 9. The number of fused-ring (bicyclic) bond motifs is 8. The molecule has 320 valence electrons. The van der Waals surface area contributed by atoms with Gasteiger partial charge in [0.15, 0.2) is 29.6 Å². The molecule has 10 unspecified atom stereocenters. The van der Waals surface area contributed by atoms with Crippen LogP contribution in [0.15, 0.2) is 42.5 Å². The Morgan fingerprint density at radius 1 is 1.00 bits per heavy atom. The van der Waals surface area contributed by atoms with Crippen LogP contribution < -0.4 is 34.9 Å². The van der Waals surface area contributed by atoms with Gasteiger partial charge in [0.1, 0.15) is 48.3 Å². The predicted molar refractivity (Wildman–Crippen MR) is 207 cm³/mol. The van der Waals surface area contributed by atoms with Gasteiger partial charge in [-0.25, -0.2) is 0 Å². The molecule has 3 aromatic carbocycles. The predicted octanol–water partition coefficient (Wildman–Crippen LogP) is 2.23. The van der Waals surface area contributed by atoms with E-state index < -0.39 is 73.4 Å². The summed E-state index contributed by atoms with van der Waals surface area (Å²) in [5.74, 6) is 3.64. The summed E-state index contributed by atoms with van der Waals surface area (Å²) in [6, 6.07) is 11.0. The summed E-state index contributed by atoms with van der Waals surface area (Å²) in [6.07, 6.45) is -7.19. The summed E-state index contributed by atoms with van der Waals surface area (Å²) in [5.41, 5.74) is 10.3. The van der Waals surface area contributed by atoms with Crippen LogP contribution in [0, 0.1) is 23.7 Å². The van der Waals surface area contributed by atoms with E-state index in [9.17, 15) is 30.0 Å². The minimum absolute atomic E-state index is 0.0696. The second-order valence-electron chi connectivity index (χ2n) is 15.9. The molecule has 7 N–H and O–H groups in total. The number of likely N-dealkylation sites (N-methyl/N-ethyl adjacent to an activating group) is 1. The van der Waals surface area contributed by atoms with Crippen molar-refractivity contribution >= 4 is 11.9 Å². The summed E-state index contributed by atoms with van der Waals surface area (Å²) < 4.78 is 42.2. The normalized spacial score (nSPS) is 29.4. The molecule has 0 aromatic heterocycles. The number of carboxylic acids is 1. The van der Waals surface area contributed by atoms with Crippen molar-refractivity contribution in [2.75, 3.05) is 33.7 Å². The number of carbonyl (C=O) groups is 2. The largest absolute Gasteiger partial charge is 0.508 e. The second-order valence-corrected chi connectivity index (χ2v) is 15.9. The number of aliphatic hydroxyl groups excluding tert-OH is 2. The molecule has 0 saturated carbocycles. The molecule has 8 rings (SSSR count). The van der Waals surface area contributed by atoms with Gasteiger partial charge < -0.3 is 69.5 Å². The fourth-order valence-corrected chi connectivity index (χ4v) is 8.12. The van der Waals surface area contributed by atoms with E-state index in [4.69, 9.17) is 48.7 Å². The van der Waals surface area contributed by atoms with Crippen LogP contribution in [0.25, 0.3) is 0 Å². The van der Waals surface area contributed by atoms with Gasteiger partial charge in [-0.3, -0.25) is 9.59 Å². The maximum atomic E-state index is 12.8. The molecule has 1 saturated heterocycles. The first-order chi connectivity index (χ1) is 28.9.